The van der Waals surface area contributed by atoms with Gasteiger partial charge in [-0.25, -0.2) is 0 Å². The van der Waals surface area contributed by atoms with Crippen molar-refractivity contribution in [3.63, 3.8) is 0 Å². The van der Waals surface area contributed by atoms with Crippen LogP contribution in [0.25, 0.3) is 0 Å². The second-order valence-corrected chi connectivity index (χ2v) is 4.96. The van der Waals surface area contributed by atoms with Crippen molar-refractivity contribution >= 4 is 0 Å². The summed E-state index contributed by atoms with van der Waals surface area (Å²) in [5.41, 5.74) is 6.25. The Morgan fingerprint density at radius 3 is 2.50 bits per heavy atom. The Morgan fingerprint density at radius 2 is 2.08 bits per heavy atom. The summed E-state index contributed by atoms with van der Waals surface area (Å²) in [6.45, 7) is 7.14. The predicted octanol–water partition coefficient (Wildman–Crippen LogP) is 1.07. The molecular weight excluding hydrogens is 148 g/mol. The van der Waals surface area contributed by atoms with Crippen molar-refractivity contribution in [1.29, 1.82) is 0 Å². The second kappa shape index (κ2) is 3.00. The largest absolute Gasteiger partial charge is 0.330 e. The van der Waals surface area contributed by atoms with Gasteiger partial charge in [-0.05, 0) is 30.7 Å². The molecule has 1 saturated carbocycles. The van der Waals surface area contributed by atoms with Gasteiger partial charge in [0.05, 0.1) is 0 Å². The summed E-state index contributed by atoms with van der Waals surface area (Å²) in [6, 6.07) is 0. The van der Waals surface area contributed by atoms with Crippen molar-refractivity contribution in [3.05, 3.63) is 0 Å². The van der Waals surface area contributed by atoms with Crippen molar-refractivity contribution in [2.75, 3.05) is 26.2 Å². The molecule has 2 fully saturated rings. The second-order valence-electron chi connectivity index (χ2n) is 4.96. The molecular formula is C10H20N2. The number of likely N-dealkylation sites (tertiary alicyclic amines) is 1. The first-order valence-corrected chi connectivity index (χ1v) is 5.14. The van der Waals surface area contributed by atoms with Gasteiger partial charge in [-0.1, -0.05) is 13.3 Å². The highest BCUT2D eigenvalue weighted by Crippen LogP contribution is 2.41. The highest BCUT2D eigenvalue weighted by Gasteiger charge is 2.36. The molecule has 0 aromatic heterocycles. The van der Waals surface area contributed by atoms with Gasteiger partial charge in [0, 0.05) is 19.6 Å². The number of hydrogen-bond acceptors (Lipinski definition) is 2. The number of nitrogens with two attached hydrogens (primary N) is 1. The van der Waals surface area contributed by atoms with Gasteiger partial charge in [0.25, 0.3) is 0 Å². The van der Waals surface area contributed by atoms with Crippen LogP contribution in [0.1, 0.15) is 26.2 Å². The SMILES string of the molecule is CC1(CN2CC(CN)C2)CCC1. The first-order valence-electron chi connectivity index (χ1n) is 5.14. The fraction of sp³-hybridized carbons (Fsp3) is 1.00. The molecule has 2 rings (SSSR count). The average Bonchev–Trinajstić information content (AvgIpc) is 1.92. The van der Waals surface area contributed by atoms with Gasteiger partial charge in [-0.3, -0.25) is 0 Å². The van der Waals surface area contributed by atoms with Crippen LogP contribution in [0.15, 0.2) is 0 Å². The molecule has 12 heavy (non-hydrogen) atoms. The minimum atomic E-state index is 0.666. The first kappa shape index (κ1) is 8.52. The van der Waals surface area contributed by atoms with Gasteiger partial charge in [-0.2, -0.15) is 0 Å². The molecule has 2 aliphatic rings. The lowest BCUT2D eigenvalue weighted by Crippen LogP contribution is -2.54. The first-order chi connectivity index (χ1) is 5.72. The summed E-state index contributed by atoms with van der Waals surface area (Å²) in [6.07, 6.45) is 4.33. The Labute approximate surface area is 75.1 Å². The van der Waals surface area contributed by atoms with Gasteiger partial charge in [0.1, 0.15) is 0 Å². The summed E-state index contributed by atoms with van der Waals surface area (Å²) >= 11 is 0. The van der Waals surface area contributed by atoms with Crippen LogP contribution in [0.3, 0.4) is 0 Å². The van der Waals surface area contributed by atoms with Crippen molar-refractivity contribution in [2.45, 2.75) is 26.2 Å². The quantitative estimate of drug-likeness (QED) is 0.683. The lowest BCUT2D eigenvalue weighted by Gasteiger charge is -2.48. The molecule has 2 nitrogen and oxygen atoms in total. The highest BCUT2D eigenvalue weighted by molar-refractivity contribution is 4.90. The lowest BCUT2D eigenvalue weighted by molar-refractivity contribution is 0.0201. The average molecular weight is 168 g/mol. The zero-order valence-electron chi connectivity index (χ0n) is 8.05. The fourth-order valence-corrected chi connectivity index (χ4v) is 2.43. The summed E-state index contributed by atoms with van der Waals surface area (Å²) in [7, 11) is 0. The van der Waals surface area contributed by atoms with E-state index in [1.807, 2.05) is 0 Å². The third-order valence-corrected chi connectivity index (χ3v) is 3.53. The summed E-state index contributed by atoms with van der Waals surface area (Å²) in [4.78, 5) is 2.57. The van der Waals surface area contributed by atoms with Gasteiger partial charge in [0.2, 0.25) is 0 Å². The standard InChI is InChI=1S/C10H20N2/c1-10(3-2-4-10)8-12-6-9(5-11)7-12/h9H,2-8,11H2,1H3. The lowest BCUT2D eigenvalue weighted by atomic mass is 9.69. The molecule has 2 N–H and O–H groups in total. The Hall–Kier alpha value is -0.0800. The van der Waals surface area contributed by atoms with Crippen molar-refractivity contribution in [2.24, 2.45) is 17.1 Å². The highest BCUT2D eigenvalue weighted by atomic mass is 15.2. The van der Waals surface area contributed by atoms with Gasteiger partial charge in [0.15, 0.2) is 0 Å². The van der Waals surface area contributed by atoms with E-state index in [9.17, 15) is 0 Å². The molecule has 0 bridgehead atoms. The normalized spacial score (nSPS) is 29.5. The smallest absolute Gasteiger partial charge is 0.00356 e. The minimum absolute atomic E-state index is 0.666. The summed E-state index contributed by atoms with van der Waals surface area (Å²) in [5, 5.41) is 0. The maximum Gasteiger partial charge on any atom is 0.00356 e. The topological polar surface area (TPSA) is 29.3 Å². The maximum atomic E-state index is 5.58. The van der Waals surface area contributed by atoms with Gasteiger partial charge in [-0.15, -0.1) is 0 Å². The van der Waals surface area contributed by atoms with Crippen LogP contribution in [0.2, 0.25) is 0 Å². The van der Waals surface area contributed by atoms with E-state index in [-0.39, 0.29) is 0 Å². The van der Waals surface area contributed by atoms with E-state index < -0.39 is 0 Å². The number of rotatable bonds is 3. The molecule has 0 aromatic rings. The Bertz CT molecular complexity index is 157. The zero-order chi connectivity index (χ0) is 8.60. The van der Waals surface area contributed by atoms with Crippen LogP contribution in [0.4, 0.5) is 0 Å². The van der Waals surface area contributed by atoms with Crippen LogP contribution in [0.5, 0.6) is 0 Å². The molecule has 1 heterocycles. The zero-order valence-corrected chi connectivity index (χ0v) is 8.05. The van der Waals surface area contributed by atoms with E-state index in [2.05, 4.69) is 11.8 Å². The third kappa shape index (κ3) is 1.50. The van der Waals surface area contributed by atoms with Gasteiger partial charge >= 0.3 is 0 Å². The summed E-state index contributed by atoms with van der Waals surface area (Å²) < 4.78 is 0. The molecule has 1 aliphatic heterocycles. The van der Waals surface area contributed by atoms with Crippen molar-refractivity contribution in [3.8, 4) is 0 Å². The van der Waals surface area contributed by atoms with E-state index in [1.165, 1.54) is 38.9 Å². The monoisotopic (exact) mass is 168 g/mol. The van der Waals surface area contributed by atoms with Crippen molar-refractivity contribution in [1.82, 2.24) is 4.90 Å². The van der Waals surface area contributed by atoms with E-state index in [0.717, 1.165) is 12.5 Å². The Balaban J connectivity index is 1.69. The molecule has 70 valence electrons. The fourth-order valence-electron chi connectivity index (χ4n) is 2.43. The van der Waals surface area contributed by atoms with Crippen LogP contribution in [0, 0.1) is 11.3 Å². The van der Waals surface area contributed by atoms with Crippen molar-refractivity contribution < 1.29 is 0 Å². The molecule has 1 aliphatic carbocycles. The molecule has 2 heteroatoms. The number of hydrogen-bond donors (Lipinski definition) is 1. The van der Waals surface area contributed by atoms with Crippen LogP contribution in [-0.4, -0.2) is 31.1 Å². The Kier molecular flexibility index (Phi) is 2.13. The molecule has 1 saturated heterocycles. The van der Waals surface area contributed by atoms with E-state index in [0.29, 0.717) is 5.41 Å². The molecule has 0 spiro atoms. The molecule has 0 radical (unpaired) electrons. The molecule has 0 unspecified atom stereocenters. The van der Waals surface area contributed by atoms with E-state index in [4.69, 9.17) is 5.73 Å². The number of nitrogens with zero attached hydrogens (tertiary/aromatic N) is 1. The minimum Gasteiger partial charge on any atom is -0.330 e. The molecule has 0 atom stereocenters. The predicted molar refractivity (Wildman–Crippen MR) is 50.9 cm³/mol. The molecule has 0 aromatic carbocycles. The molecule has 0 amide bonds. The maximum absolute atomic E-state index is 5.58. The van der Waals surface area contributed by atoms with Gasteiger partial charge < -0.3 is 10.6 Å². The van der Waals surface area contributed by atoms with Crippen LogP contribution in [-0.2, 0) is 0 Å². The van der Waals surface area contributed by atoms with E-state index in [1.54, 1.807) is 0 Å². The van der Waals surface area contributed by atoms with Crippen LogP contribution >= 0.6 is 0 Å². The third-order valence-electron chi connectivity index (χ3n) is 3.53. The van der Waals surface area contributed by atoms with Crippen LogP contribution < -0.4 is 5.73 Å². The summed E-state index contributed by atoms with van der Waals surface area (Å²) in [5.74, 6) is 0.800. The van der Waals surface area contributed by atoms with E-state index >= 15 is 0 Å². The Morgan fingerprint density at radius 1 is 1.42 bits per heavy atom.